The van der Waals surface area contributed by atoms with E-state index in [1.807, 2.05) is 0 Å². The normalized spacial score (nSPS) is 37.4. The fraction of sp³-hybridized carbons (Fsp3) is 0.950. The summed E-state index contributed by atoms with van der Waals surface area (Å²) in [5.41, 5.74) is 0.508. The van der Waals surface area contributed by atoms with Gasteiger partial charge in [-0.25, -0.2) is 0 Å². The van der Waals surface area contributed by atoms with Gasteiger partial charge in [-0.1, -0.05) is 20.8 Å². The molecule has 4 atom stereocenters. The van der Waals surface area contributed by atoms with Gasteiger partial charge in [-0.3, -0.25) is 4.79 Å². The van der Waals surface area contributed by atoms with Crippen LogP contribution in [0.2, 0.25) is 0 Å². The molecule has 3 aliphatic rings. The van der Waals surface area contributed by atoms with E-state index in [1.165, 1.54) is 19.3 Å². The quantitative estimate of drug-likeness (QED) is 0.774. The molecule has 0 radical (unpaired) electrons. The van der Waals surface area contributed by atoms with Crippen molar-refractivity contribution < 1.29 is 9.53 Å². The molecule has 0 aromatic heterocycles. The lowest BCUT2D eigenvalue weighted by Crippen LogP contribution is -2.46. The summed E-state index contributed by atoms with van der Waals surface area (Å²) in [5.74, 6) is 1.52. The minimum absolute atomic E-state index is 0.173. The summed E-state index contributed by atoms with van der Waals surface area (Å²) in [6, 6.07) is 0.487. The summed E-state index contributed by atoms with van der Waals surface area (Å²) >= 11 is 0. The summed E-state index contributed by atoms with van der Waals surface area (Å²) in [6.45, 7) is 12.1. The molecular formula is C20H35NO2. The molecular weight excluding hydrogens is 286 g/mol. The predicted octanol–water partition coefficient (Wildman–Crippen LogP) is 4.25. The van der Waals surface area contributed by atoms with Crippen LogP contribution in [0.5, 0.6) is 0 Å². The molecule has 3 nitrogen and oxygen atoms in total. The van der Waals surface area contributed by atoms with E-state index in [4.69, 9.17) is 4.74 Å². The van der Waals surface area contributed by atoms with Crippen molar-refractivity contribution in [3.05, 3.63) is 0 Å². The van der Waals surface area contributed by atoms with E-state index >= 15 is 0 Å². The second-order valence-electron chi connectivity index (χ2n) is 8.99. The van der Waals surface area contributed by atoms with Gasteiger partial charge in [0.05, 0.1) is 12.2 Å². The van der Waals surface area contributed by atoms with E-state index < -0.39 is 0 Å². The number of nitrogens with zero attached hydrogens (tertiary/aromatic N) is 1. The number of ether oxygens (including phenoxy) is 1. The molecule has 2 saturated heterocycles. The van der Waals surface area contributed by atoms with Crippen molar-refractivity contribution in [1.29, 1.82) is 0 Å². The standard InChI is InChI=1S/C20H35NO2/c1-6-17-11-20(7-8-20)12-21(17)19(22)18(13(2)3)16-9-14(4)23-15(5)10-16/h13-18H,6-12H2,1-5H3/t14?,15?,16?,17-,18?/m1/s1. The van der Waals surface area contributed by atoms with Crippen LogP contribution in [0.15, 0.2) is 0 Å². The molecule has 1 spiro atoms. The third-order valence-electron chi connectivity index (χ3n) is 6.57. The van der Waals surface area contributed by atoms with Gasteiger partial charge in [0, 0.05) is 18.5 Å². The molecule has 2 heterocycles. The Morgan fingerprint density at radius 3 is 2.30 bits per heavy atom. The zero-order valence-corrected chi connectivity index (χ0v) is 15.7. The fourth-order valence-corrected chi connectivity index (χ4v) is 5.30. The van der Waals surface area contributed by atoms with Crippen molar-refractivity contribution >= 4 is 5.91 Å². The lowest BCUT2D eigenvalue weighted by Gasteiger charge is -2.40. The molecule has 0 bridgehead atoms. The van der Waals surface area contributed by atoms with Crippen LogP contribution in [0.1, 0.15) is 73.1 Å². The molecule has 132 valence electrons. The van der Waals surface area contributed by atoms with Gasteiger partial charge in [-0.05, 0) is 69.6 Å². The largest absolute Gasteiger partial charge is 0.376 e. The van der Waals surface area contributed by atoms with E-state index in [-0.39, 0.29) is 18.1 Å². The number of carbonyl (C=O) groups excluding carboxylic acids is 1. The van der Waals surface area contributed by atoms with Crippen molar-refractivity contribution in [3.63, 3.8) is 0 Å². The van der Waals surface area contributed by atoms with E-state index in [0.29, 0.717) is 29.2 Å². The highest BCUT2D eigenvalue weighted by molar-refractivity contribution is 5.80. The Labute approximate surface area is 142 Å². The van der Waals surface area contributed by atoms with Crippen LogP contribution in [0.3, 0.4) is 0 Å². The van der Waals surface area contributed by atoms with Gasteiger partial charge in [0.2, 0.25) is 5.91 Å². The number of carbonyl (C=O) groups is 1. The van der Waals surface area contributed by atoms with Crippen LogP contribution in [0.25, 0.3) is 0 Å². The minimum Gasteiger partial charge on any atom is -0.376 e. The van der Waals surface area contributed by atoms with Crippen molar-refractivity contribution in [2.45, 2.75) is 91.4 Å². The SMILES string of the molecule is CC[C@@H]1CC2(CC2)CN1C(=O)C(C(C)C)C1CC(C)OC(C)C1. The molecule has 0 aromatic rings. The summed E-state index contributed by atoms with van der Waals surface area (Å²) < 4.78 is 5.91. The third kappa shape index (κ3) is 3.45. The Morgan fingerprint density at radius 1 is 1.22 bits per heavy atom. The van der Waals surface area contributed by atoms with Gasteiger partial charge in [-0.15, -0.1) is 0 Å². The molecule has 3 heteroatoms. The first-order valence-electron chi connectivity index (χ1n) is 9.81. The van der Waals surface area contributed by atoms with E-state index in [1.54, 1.807) is 0 Å². The van der Waals surface area contributed by atoms with Gasteiger partial charge in [-0.2, -0.15) is 0 Å². The first-order valence-corrected chi connectivity index (χ1v) is 9.81. The lowest BCUT2D eigenvalue weighted by atomic mass is 9.75. The van der Waals surface area contributed by atoms with E-state index in [0.717, 1.165) is 25.8 Å². The monoisotopic (exact) mass is 321 g/mol. The highest BCUT2D eigenvalue weighted by atomic mass is 16.5. The van der Waals surface area contributed by atoms with Crippen LogP contribution in [-0.4, -0.2) is 35.6 Å². The fourth-order valence-electron chi connectivity index (χ4n) is 5.30. The molecule has 3 rings (SSSR count). The molecule has 3 unspecified atom stereocenters. The molecule has 23 heavy (non-hydrogen) atoms. The van der Waals surface area contributed by atoms with Crippen LogP contribution in [-0.2, 0) is 9.53 Å². The zero-order valence-electron chi connectivity index (χ0n) is 15.7. The topological polar surface area (TPSA) is 29.5 Å². The van der Waals surface area contributed by atoms with Crippen molar-refractivity contribution in [2.24, 2.45) is 23.2 Å². The van der Waals surface area contributed by atoms with Gasteiger partial charge in [0.25, 0.3) is 0 Å². The Bertz CT molecular complexity index is 433. The highest BCUT2D eigenvalue weighted by Crippen LogP contribution is 2.55. The van der Waals surface area contributed by atoms with Crippen molar-refractivity contribution in [3.8, 4) is 0 Å². The van der Waals surface area contributed by atoms with E-state index in [9.17, 15) is 4.79 Å². The van der Waals surface area contributed by atoms with Crippen molar-refractivity contribution in [1.82, 2.24) is 4.90 Å². The number of rotatable bonds is 4. The Kier molecular flexibility index (Phi) is 4.79. The number of hydrogen-bond donors (Lipinski definition) is 0. The summed E-state index contributed by atoms with van der Waals surface area (Å²) in [7, 11) is 0. The first kappa shape index (κ1) is 17.3. The van der Waals surface area contributed by atoms with Crippen LogP contribution in [0.4, 0.5) is 0 Å². The number of likely N-dealkylation sites (tertiary alicyclic amines) is 1. The van der Waals surface area contributed by atoms with Gasteiger partial charge in [0.1, 0.15) is 0 Å². The zero-order chi connectivity index (χ0) is 16.8. The number of hydrogen-bond acceptors (Lipinski definition) is 2. The smallest absolute Gasteiger partial charge is 0.226 e. The summed E-state index contributed by atoms with van der Waals surface area (Å²) in [4.78, 5) is 15.7. The molecule has 0 aromatic carbocycles. The first-order chi connectivity index (χ1) is 10.8. The summed E-state index contributed by atoms with van der Waals surface area (Å²) in [6.07, 6.45) is 7.68. The average molecular weight is 322 g/mol. The van der Waals surface area contributed by atoms with Crippen LogP contribution >= 0.6 is 0 Å². The van der Waals surface area contributed by atoms with Gasteiger partial charge >= 0.3 is 0 Å². The third-order valence-corrected chi connectivity index (χ3v) is 6.57. The predicted molar refractivity (Wildman–Crippen MR) is 93.1 cm³/mol. The average Bonchev–Trinajstić information content (AvgIpc) is 3.08. The maximum absolute atomic E-state index is 13.5. The van der Waals surface area contributed by atoms with Gasteiger partial charge < -0.3 is 9.64 Å². The molecule has 1 aliphatic carbocycles. The Balaban J connectivity index is 1.76. The van der Waals surface area contributed by atoms with Crippen LogP contribution < -0.4 is 0 Å². The van der Waals surface area contributed by atoms with Crippen LogP contribution in [0, 0.1) is 23.2 Å². The number of amides is 1. The Hall–Kier alpha value is -0.570. The molecule has 1 amide bonds. The summed E-state index contributed by atoms with van der Waals surface area (Å²) in [5, 5.41) is 0. The lowest BCUT2D eigenvalue weighted by molar-refractivity contribution is -0.144. The second-order valence-corrected chi connectivity index (χ2v) is 8.99. The highest BCUT2D eigenvalue weighted by Gasteiger charge is 2.53. The maximum Gasteiger partial charge on any atom is 0.226 e. The van der Waals surface area contributed by atoms with Gasteiger partial charge in [0.15, 0.2) is 0 Å². The minimum atomic E-state index is 0.173. The molecule has 1 saturated carbocycles. The molecule has 2 aliphatic heterocycles. The Morgan fingerprint density at radius 2 is 1.83 bits per heavy atom. The molecule has 0 N–H and O–H groups in total. The van der Waals surface area contributed by atoms with Crippen molar-refractivity contribution in [2.75, 3.05) is 6.54 Å². The molecule has 3 fully saturated rings. The maximum atomic E-state index is 13.5. The second kappa shape index (κ2) is 6.38. The van der Waals surface area contributed by atoms with E-state index in [2.05, 4.69) is 39.5 Å².